The average molecular weight is 927 g/mol. The first kappa shape index (κ1) is 49.4. The number of aliphatic hydroxyl groups is 1. The summed E-state index contributed by atoms with van der Waals surface area (Å²) in [6.07, 6.45) is -18.1. The van der Waals surface area contributed by atoms with Crippen LogP contribution in [0.25, 0.3) is 0 Å². The Kier molecular flexibility index (Phi) is 16.6. The highest BCUT2D eigenvalue weighted by atomic mass is 16.8. The molecule has 0 aliphatic carbocycles. The lowest BCUT2D eigenvalue weighted by Crippen LogP contribution is -2.67. The highest BCUT2D eigenvalue weighted by Crippen LogP contribution is 2.36. The van der Waals surface area contributed by atoms with Crippen molar-refractivity contribution in [3.8, 4) is 0 Å². The molecule has 0 unspecified atom stereocenters. The van der Waals surface area contributed by atoms with Crippen LogP contribution in [0.5, 0.6) is 0 Å². The van der Waals surface area contributed by atoms with E-state index in [0.29, 0.717) is 0 Å². The van der Waals surface area contributed by atoms with Crippen molar-refractivity contribution in [1.82, 2.24) is 0 Å². The second-order valence-corrected chi connectivity index (χ2v) is 16.4. The first-order valence-corrected chi connectivity index (χ1v) is 21.2. The van der Waals surface area contributed by atoms with E-state index in [2.05, 4.69) is 0 Å². The van der Waals surface area contributed by atoms with E-state index in [1.54, 1.807) is 93.6 Å². The lowest BCUT2D eigenvalue weighted by atomic mass is 9.95. The molecule has 10 atom stereocenters. The van der Waals surface area contributed by atoms with Gasteiger partial charge in [-0.1, -0.05) is 72.8 Å². The molecule has 6 rings (SSSR count). The minimum Gasteiger partial charge on any atom is -0.463 e. The fraction of sp³-hybridized carbons (Fsp3) is 0.367. The minimum atomic E-state index is -2.04. The molecule has 18 nitrogen and oxygen atoms in total. The van der Waals surface area contributed by atoms with Gasteiger partial charge in [0.15, 0.2) is 30.7 Å². The van der Waals surface area contributed by atoms with Gasteiger partial charge in [-0.3, -0.25) is 14.4 Å². The van der Waals surface area contributed by atoms with Crippen molar-refractivity contribution in [3.63, 3.8) is 0 Å². The molecular weight excluding hydrogens is 877 g/mol. The number of aliphatic hydroxyl groups excluding tert-OH is 1. The zero-order chi connectivity index (χ0) is 48.3. The maximum Gasteiger partial charge on any atom is 0.338 e. The van der Waals surface area contributed by atoms with Crippen LogP contribution in [0.1, 0.15) is 76.1 Å². The Morgan fingerprint density at radius 2 is 0.851 bits per heavy atom. The minimum absolute atomic E-state index is 0.00521. The Balaban J connectivity index is 1.50. The molecule has 1 N–H and O–H groups in total. The van der Waals surface area contributed by atoms with Crippen LogP contribution in [-0.4, -0.2) is 122 Å². The van der Waals surface area contributed by atoms with Crippen LogP contribution in [0.2, 0.25) is 0 Å². The van der Waals surface area contributed by atoms with Gasteiger partial charge in [0.05, 0.1) is 27.7 Å². The van der Waals surface area contributed by atoms with Gasteiger partial charge in [-0.2, -0.15) is 0 Å². The number of carbonyl (C=O) groups excluding carboxylic acids is 7. The standard InChI is InChI=1S/C49H50O18/c1-28(50)58-26-34-37(60-29(2)51)39(36(52)46(61-34)67-48(57)49(3,4)5)66-47-41(65-45(56)33-24-16-9-17-25-33)40(64-44(55)32-22-14-8-15-23-32)38(63-43(54)31-20-12-7-13-21-31)35(62-47)27-59-42(53)30-18-10-6-11-19-30/h6-25,34-41,46-47,52H,26-27H2,1-5H3/t34-,35-,36-,37-,38-,39-,40+,41-,46-,47+/m1/s1. The topological polar surface area (TPSA) is 232 Å². The summed E-state index contributed by atoms with van der Waals surface area (Å²) in [5.74, 6) is -6.32. The van der Waals surface area contributed by atoms with Gasteiger partial charge in [0.1, 0.15) is 37.6 Å². The van der Waals surface area contributed by atoms with E-state index in [1.807, 2.05) is 0 Å². The van der Waals surface area contributed by atoms with Crippen LogP contribution in [-0.2, 0) is 61.8 Å². The second-order valence-electron chi connectivity index (χ2n) is 16.4. The average Bonchev–Trinajstić information content (AvgIpc) is 3.31. The fourth-order valence-electron chi connectivity index (χ4n) is 6.89. The Morgan fingerprint density at radius 1 is 0.463 bits per heavy atom. The third-order valence-corrected chi connectivity index (χ3v) is 10.2. The summed E-state index contributed by atoms with van der Waals surface area (Å²) >= 11 is 0. The number of carbonyl (C=O) groups is 7. The molecule has 67 heavy (non-hydrogen) atoms. The lowest BCUT2D eigenvalue weighted by molar-refractivity contribution is -0.355. The van der Waals surface area contributed by atoms with Crippen LogP contribution >= 0.6 is 0 Å². The summed E-state index contributed by atoms with van der Waals surface area (Å²) in [7, 11) is 0. The quantitative estimate of drug-likeness (QED) is 0.125. The molecule has 4 aromatic rings. The largest absolute Gasteiger partial charge is 0.463 e. The molecule has 18 heteroatoms. The highest BCUT2D eigenvalue weighted by molar-refractivity contribution is 5.91. The molecule has 0 spiro atoms. The van der Waals surface area contributed by atoms with E-state index in [9.17, 15) is 38.7 Å². The lowest BCUT2D eigenvalue weighted by Gasteiger charge is -2.48. The molecule has 2 fully saturated rings. The molecule has 0 bridgehead atoms. The van der Waals surface area contributed by atoms with E-state index < -0.39 is 122 Å². The summed E-state index contributed by atoms with van der Waals surface area (Å²) in [5, 5.41) is 12.0. The maximum absolute atomic E-state index is 14.1. The SMILES string of the molecule is CC(=O)OC[C@H]1O[C@H](OC(=O)C(C)(C)C)[C@H](O)[C@@H](O[C@@H]2O[C@H](COC(=O)c3ccccc3)[C@@H](OC(=O)c3ccccc3)[C@H](OC(=O)c3ccccc3)[C@H]2OC(=O)c2ccccc2)[C@@H]1OC(C)=O. The van der Waals surface area contributed by atoms with Gasteiger partial charge in [-0.15, -0.1) is 0 Å². The zero-order valence-electron chi connectivity index (χ0n) is 37.1. The Labute approximate surface area is 385 Å². The predicted octanol–water partition coefficient (Wildman–Crippen LogP) is 4.80. The summed E-state index contributed by atoms with van der Waals surface area (Å²) in [6, 6.07) is 30.9. The second kappa shape index (κ2) is 22.5. The van der Waals surface area contributed by atoms with E-state index in [0.717, 1.165) is 13.8 Å². The molecule has 2 aliphatic heterocycles. The smallest absolute Gasteiger partial charge is 0.338 e. The molecule has 4 aromatic carbocycles. The molecule has 0 radical (unpaired) electrons. The molecule has 0 saturated carbocycles. The highest BCUT2D eigenvalue weighted by Gasteiger charge is 2.58. The fourth-order valence-corrected chi connectivity index (χ4v) is 6.89. The number of rotatable bonds is 15. The van der Waals surface area contributed by atoms with Gasteiger partial charge in [0, 0.05) is 13.8 Å². The van der Waals surface area contributed by atoms with Crippen molar-refractivity contribution in [2.24, 2.45) is 5.41 Å². The van der Waals surface area contributed by atoms with Gasteiger partial charge in [-0.25, -0.2) is 19.2 Å². The van der Waals surface area contributed by atoms with Crippen LogP contribution < -0.4 is 0 Å². The van der Waals surface area contributed by atoms with Crippen molar-refractivity contribution < 1.29 is 86.0 Å². The van der Waals surface area contributed by atoms with Crippen molar-refractivity contribution in [3.05, 3.63) is 144 Å². The van der Waals surface area contributed by atoms with Crippen molar-refractivity contribution in [1.29, 1.82) is 0 Å². The number of hydrogen-bond donors (Lipinski definition) is 1. The van der Waals surface area contributed by atoms with Gasteiger partial charge in [-0.05, 0) is 69.3 Å². The molecule has 2 aliphatic rings. The number of benzene rings is 4. The molecule has 354 valence electrons. The molecular formula is C49H50O18. The Morgan fingerprint density at radius 3 is 1.28 bits per heavy atom. The van der Waals surface area contributed by atoms with Crippen LogP contribution in [0.15, 0.2) is 121 Å². The van der Waals surface area contributed by atoms with E-state index in [4.69, 9.17) is 47.4 Å². The van der Waals surface area contributed by atoms with Crippen molar-refractivity contribution in [2.45, 2.75) is 96.0 Å². The first-order valence-electron chi connectivity index (χ1n) is 21.2. The predicted molar refractivity (Wildman–Crippen MR) is 230 cm³/mol. The van der Waals surface area contributed by atoms with Crippen LogP contribution in [0.4, 0.5) is 0 Å². The number of ether oxygens (including phenoxy) is 10. The van der Waals surface area contributed by atoms with Crippen LogP contribution in [0.3, 0.4) is 0 Å². The van der Waals surface area contributed by atoms with Crippen molar-refractivity contribution >= 4 is 41.8 Å². The van der Waals surface area contributed by atoms with Gasteiger partial charge >= 0.3 is 41.8 Å². The zero-order valence-corrected chi connectivity index (χ0v) is 37.1. The number of hydrogen-bond acceptors (Lipinski definition) is 18. The molecule has 0 aromatic heterocycles. The van der Waals surface area contributed by atoms with Crippen molar-refractivity contribution in [2.75, 3.05) is 13.2 Å². The van der Waals surface area contributed by atoms with E-state index >= 15 is 0 Å². The summed E-state index contributed by atoms with van der Waals surface area (Å²) in [5.41, 5.74) is -0.921. The van der Waals surface area contributed by atoms with Gasteiger partial charge < -0.3 is 52.5 Å². The van der Waals surface area contributed by atoms with Gasteiger partial charge in [0.2, 0.25) is 6.29 Å². The molecule has 2 heterocycles. The first-order chi connectivity index (χ1) is 32.0. The van der Waals surface area contributed by atoms with E-state index in [-0.39, 0.29) is 22.3 Å². The third kappa shape index (κ3) is 13.1. The number of esters is 7. The maximum atomic E-state index is 14.1. The van der Waals surface area contributed by atoms with Gasteiger partial charge in [0.25, 0.3) is 0 Å². The Bertz CT molecular complexity index is 2340. The van der Waals surface area contributed by atoms with E-state index in [1.165, 1.54) is 48.5 Å². The summed E-state index contributed by atoms with van der Waals surface area (Å²) in [6.45, 7) is 5.44. The monoisotopic (exact) mass is 926 g/mol. The van der Waals surface area contributed by atoms with Crippen LogP contribution in [0, 0.1) is 5.41 Å². The molecule has 2 saturated heterocycles. The molecule has 0 amide bonds. The summed E-state index contributed by atoms with van der Waals surface area (Å²) in [4.78, 5) is 93.6. The Hall–Kier alpha value is -6.99. The summed E-state index contributed by atoms with van der Waals surface area (Å²) < 4.78 is 59.3. The third-order valence-electron chi connectivity index (χ3n) is 10.2. The normalized spacial score (nSPS) is 24.7.